The van der Waals surface area contributed by atoms with Crippen LogP contribution in [0.5, 0.6) is 11.5 Å². The molecule has 0 spiro atoms. The van der Waals surface area contributed by atoms with Gasteiger partial charge >= 0.3 is 0 Å². The minimum atomic E-state index is -3.65. The third-order valence-electron chi connectivity index (χ3n) is 3.62. The summed E-state index contributed by atoms with van der Waals surface area (Å²) in [6.07, 6.45) is 0. The Morgan fingerprint density at radius 2 is 1.58 bits per heavy atom. The minimum absolute atomic E-state index is 0.102. The maximum absolute atomic E-state index is 12.4. The number of ether oxygens (including phenoxy) is 2. The van der Waals surface area contributed by atoms with Crippen LogP contribution < -0.4 is 14.2 Å². The minimum Gasteiger partial charge on any atom is -0.497 e. The van der Waals surface area contributed by atoms with Crippen molar-refractivity contribution in [2.75, 3.05) is 27.8 Å². The molecule has 0 aliphatic rings. The Labute approximate surface area is 153 Å². The molecule has 0 saturated carbocycles. The highest BCUT2D eigenvalue weighted by molar-refractivity contribution is 7.89. The lowest BCUT2D eigenvalue weighted by molar-refractivity contribution is -0.130. The number of carbonyl (C=O) groups is 1. The number of nitrogens with one attached hydrogen (secondary N) is 1. The van der Waals surface area contributed by atoms with E-state index in [1.54, 1.807) is 45.5 Å². The largest absolute Gasteiger partial charge is 0.497 e. The van der Waals surface area contributed by atoms with Gasteiger partial charge in [-0.2, -0.15) is 0 Å². The first-order chi connectivity index (χ1) is 12.3. The van der Waals surface area contributed by atoms with Gasteiger partial charge in [0, 0.05) is 20.6 Å². The molecular weight excluding hydrogens is 356 g/mol. The van der Waals surface area contributed by atoms with E-state index in [9.17, 15) is 13.2 Å². The summed E-state index contributed by atoms with van der Waals surface area (Å²) in [5.41, 5.74) is 0.816. The van der Waals surface area contributed by atoms with Crippen molar-refractivity contribution in [1.29, 1.82) is 0 Å². The Bertz CT molecular complexity index is 831. The van der Waals surface area contributed by atoms with Crippen LogP contribution in [-0.2, 0) is 21.4 Å². The van der Waals surface area contributed by atoms with E-state index < -0.39 is 10.0 Å². The Morgan fingerprint density at radius 1 is 1.00 bits per heavy atom. The van der Waals surface area contributed by atoms with Crippen LogP contribution in [0.25, 0.3) is 0 Å². The summed E-state index contributed by atoms with van der Waals surface area (Å²) in [5, 5.41) is 0. The molecule has 2 aromatic carbocycles. The number of rotatable bonds is 8. The van der Waals surface area contributed by atoms with Crippen molar-refractivity contribution in [2.24, 2.45) is 0 Å². The smallest absolute Gasteiger partial charge is 0.259 e. The summed E-state index contributed by atoms with van der Waals surface area (Å²) in [5.74, 6) is 0.956. The van der Waals surface area contributed by atoms with Crippen LogP contribution >= 0.6 is 0 Å². The molecule has 1 N–H and O–H groups in total. The molecule has 0 bridgehead atoms. The quantitative estimate of drug-likeness (QED) is 0.755. The standard InChI is InChI=1S/C18H22N2O5S/c1-20(2)18(21)13-25-16-8-10-17(11-9-16)26(22,23)19-12-14-4-6-15(24-3)7-5-14/h4-11,19H,12-13H2,1-3H3. The van der Waals surface area contributed by atoms with E-state index in [0.717, 1.165) is 5.56 Å². The molecule has 0 atom stereocenters. The molecule has 0 fully saturated rings. The van der Waals surface area contributed by atoms with E-state index in [2.05, 4.69) is 4.72 Å². The molecule has 0 saturated heterocycles. The average Bonchev–Trinajstić information content (AvgIpc) is 2.65. The van der Waals surface area contributed by atoms with E-state index in [1.165, 1.54) is 29.2 Å². The Hall–Kier alpha value is -2.58. The molecule has 2 aromatic rings. The molecule has 0 aliphatic heterocycles. The second-order valence-corrected chi connectivity index (χ2v) is 7.49. The fourth-order valence-corrected chi connectivity index (χ4v) is 3.01. The van der Waals surface area contributed by atoms with E-state index in [1.807, 2.05) is 0 Å². The first-order valence-corrected chi connectivity index (χ1v) is 9.36. The topological polar surface area (TPSA) is 84.9 Å². The molecule has 0 aromatic heterocycles. The molecule has 140 valence electrons. The number of methoxy groups -OCH3 is 1. The van der Waals surface area contributed by atoms with Gasteiger partial charge in [0.1, 0.15) is 11.5 Å². The van der Waals surface area contributed by atoms with Gasteiger partial charge in [0.2, 0.25) is 10.0 Å². The molecular formula is C18H22N2O5S. The van der Waals surface area contributed by atoms with Gasteiger partial charge in [-0.3, -0.25) is 4.79 Å². The fourth-order valence-electron chi connectivity index (χ4n) is 1.99. The molecule has 1 amide bonds. The zero-order valence-electron chi connectivity index (χ0n) is 14.9. The van der Waals surface area contributed by atoms with Gasteiger partial charge in [0.05, 0.1) is 12.0 Å². The first kappa shape index (κ1) is 19.7. The van der Waals surface area contributed by atoms with E-state index in [4.69, 9.17) is 9.47 Å². The SMILES string of the molecule is COc1ccc(CNS(=O)(=O)c2ccc(OCC(=O)N(C)C)cc2)cc1. The van der Waals surface area contributed by atoms with Crippen LogP contribution in [0.4, 0.5) is 0 Å². The first-order valence-electron chi connectivity index (χ1n) is 7.87. The summed E-state index contributed by atoms with van der Waals surface area (Å²) in [4.78, 5) is 13.0. The van der Waals surface area contributed by atoms with E-state index >= 15 is 0 Å². The predicted octanol–water partition coefficient (Wildman–Crippen LogP) is 1.64. The van der Waals surface area contributed by atoms with E-state index in [0.29, 0.717) is 11.5 Å². The van der Waals surface area contributed by atoms with Gasteiger partial charge in [0.25, 0.3) is 5.91 Å². The average molecular weight is 378 g/mol. The van der Waals surface area contributed by atoms with Crippen molar-refractivity contribution < 1.29 is 22.7 Å². The summed E-state index contributed by atoms with van der Waals surface area (Å²) in [6.45, 7) is 0.0662. The van der Waals surface area contributed by atoms with Crippen molar-refractivity contribution in [2.45, 2.75) is 11.4 Å². The molecule has 8 heteroatoms. The van der Waals surface area contributed by atoms with Crippen LogP contribution in [0.2, 0.25) is 0 Å². The number of benzene rings is 2. The zero-order valence-corrected chi connectivity index (χ0v) is 15.7. The third-order valence-corrected chi connectivity index (χ3v) is 5.04. The molecule has 0 radical (unpaired) electrons. The van der Waals surface area contributed by atoms with Crippen molar-refractivity contribution in [3.05, 3.63) is 54.1 Å². The molecule has 7 nitrogen and oxygen atoms in total. The third kappa shape index (κ3) is 5.47. The Morgan fingerprint density at radius 3 is 2.12 bits per heavy atom. The van der Waals surface area contributed by atoms with Gasteiger partial charge in [-0.1, -0.05) is 12.1 Å². The van der Waals surface area contributed by atoms with Gasteiger partial charge in [-0.25, -0.2) is 13.1 Å². The van der Waals surface area contributed by atoms with Gasteiger partial charge in [-0.15, -0.1) is 0 Å². The summed E-state index contributed by atoms with van der Waals surface area (Å²) in [7, 11) is 1.19. The van der Waals surface area contributed by atoms with Gasteiger partial charge in [-0.05, 0) is 42.0 Å². The van der Waals surface area contributed by atoms with Gasteiger partial charge < -0.3 is 14.4 Å². The Balaban J connectivity index is 1.96. The molecule has 26 heavy (non-hydrogen) atoms. The number of carbonyl (C=O) groups excluding carboxylic acids is 1. The summed E-state index contributed by atoms with van der Waals surface area (Å²) >= 11 is 0. The second-order valence-electron chi connectivity index (χ2n) is 5.72. The van der Waals surface area contributed by atoms with Crippen molar-refractivity contribution in [3.63, 3.8) is 0 Å². The van der Waals surface area contributed by atoms with Crippen LogP contribution in [0, 0.1) is 0 Å². The molecule has 0 heterocycles. The second kappa shape index (κ2) is 8.68. The fraction of sp³-hybridized carbons (Fsp3) is 0.278. The van der Waals surface area contributed by atoms with Crippen molar-refractivity contribution in [3.8, 4) is 11.5 Å². The monoisotopic (exact) mass is 378 g/mol. The maximum Gasteiger partial charge on any atom is 0.259 e. The predicted molar refractivity (Wildman–Crippen MR) is 97.7 cm³/mol. The lowest BCUT2D eigenvalue weighted by Crippen LogP contribution is -2.27. The highest BCUT2D eigenvalue weighted by Crippen LogP contribution is 2.17. The molecule has 2 rings (SSSR count). The zero-order chi connectivity index (χ0) is 19.2. The number of likely N-dealkylation sites (N-methyl/N-ethyl adjacent to an activating group) is 1. The lowest BCUT2D eigenvalue weighted by atomic mass is 10.2. The lowest BCUT2D eigenvalue weighted by Gasteiger charge is -2.12. The highest BCUT2D eigenvalue weighted by Gasteiger charge is 2.14. The highest BCUT2D eigenvalue weighted by atomic mass is 32.2. The number of nitrogens with zero attached hydrogens (tertiary/aromatic N) is 1. The molecule has 0 aliphatic carbocycles. The number of hydrogen-bond acceptors (Lipinski definition) is 5. The summed E-state index contributed by atoms with van der Waals surface area (Å²) in [6, 6.07) is 13.0. The van der Waals surface area contributed by atoms with Crippen LogP contribution in [0.15, 0.2) is 53.4 Å². The normalized spacial score (nSPS) is 11.0. The number of hydrogen-bond donors (Lipinski definition) is 1. The Kier molecular flexibility index (Phi) is 6.59. The van der Waals surface area contributed by atoms with Crippen LogP contribution in [0.1, 0.15) is 5.56 Å². The van der Waals surface area contributed by atoms with Gasteiger partial charge in [0.15, 0.2) is 6.61 Å². The summed E-state index contributed by atoms with van der Waals surface area (Å²) < 4.78 is 37.7. The van der Waals surface area contributed by atoms with E-state index in [-0.39, 0.29) is 24.0 Å². The number of sulfonamides is 1. The van der Waals surface area contributed by atoms with Crippen LogP contribution in [-0.4, -0.2) is 47.0 Å². The maximum atomic E-state index is 12.4. The number of amides is 1. The molecule has 0 unspecified atom stereocenters. The van der Waals surface area contributed by atoms with Crippen molar-refractivity contribution >= 4 is 15.9 Å². The van der Waals surface area contributed by atoms with Crippen molar-refractivity contribution in [1.82, 2.24) is 9.62 Å². The van der Waals surface area contributed by atoms with Crippen LogP contribution in [0.3, 0.4) is 0 Å².